The van der Waals surface area contributed by atoms with Crippen LogP contribution in [-0.4, -0.2) is 34.7 Å². The first kappa shape index (κ1) is 22.6. The molecule has 174 valence electrons. The monoisotopic (exact) mass is 463 g/mol. The molecule has 5 rings (SSSR count). The normalized spacial score (nSPS) is 14.9. The molecule has 4 aromatic rings. The van der Waals surface area contributed by atoms with Crippen LogP contribution in [0.25, 0.3) is 11.0 Å². The molecule has 2 heterocycles. The van der Waals surface area contributed by atoms with Crippen LogP contribution in [0, 0.1) is 22.7 Å². The minimum atomic E-state index is 0.0916. The van der Waals surface area contributed by atoms with Gasteiger partial charge in [-0.25, -0.2) is 4.98 Å². The molecule has 0 aliphatic carbocycles. The smallest absolute Gasteiger partial charge is 0.136 e. The van der Waals surface area contributed by atoms with Gasteiger partial charge >= 0.3 is 0 Å². The second kappa shape index (κ2) is 9.99. The van der Waals surface area contributed by atoms with Crippen LogP contribution in [-0.2, 0) is 24.4 Å². The first-order valence-electron chi connectivity index (χ1n) is 11.5. The highest BCUT2D eigenvalue weighted by Gasteiger charge is 2.26. The van der Waals surface area contributed by atoms with Gasteiger partial charge in [0.25, 0.3) is 0 Å². The summed E-state index contributed by atoms with van der Waals surface area (Å²) < 4.78 is 13.6. The third kappa shape index (κ3) is 4.88. The van der Waals surface area contributed by atoms with Crippen LogP contribution >= 0.6 is 0 Å². The van der Waals surface area contributed by atoms with Crippen molar-refractivity contribution in [2.45, 2.75) is 25.7 Å². The van der Waals surface area contributed by atoms with Crippen molar-refractivity contribution in [1.82, 2.24) is 14.5 Å². The molecule has 1 aliphatic heterocycles. The Hall–Kier alpha value is -4.17. The van der Waals surface area contributed by atoms with Gasteiger partial charge in [-0.3, -0.25) is 4.90 Å². The number of aromatic nitrogens is 2. The van der Waals surface area contributed by atoms with E-state index >= 15 is 0 Å². The van der Waals surface area contributed by atoms with Crippen LogP contribution in [0.3, 0.4) is 0 Å². The van der Waals surface area contributed by atoms with E-state index in [1.807, 2.05) is 60.7 Å². The van der Waals surface area contributed by atoms with Crippen molar-refractivity contribution in [3.63, 3.8) is 0 Å². The number of methoxy groups -OCH3 is 1. The van der Waals surface area contributed by atoms with Gasteiger partial charge in [-0.1, -0.05) is 24.3 Å². The van der Waals surface area contributed by atoms with Crippen LogP contribution in [0.1, 0.15) is 34.1 Å². The van der Waals surface area contributed by atoms with E-state index in [1.165, 1.54) is 0 Å². The molecule has 7 heteroatoms. The van der Waals surface area contributed by atoms with Gasteiger partial charge in [-0.05, 0) is 47.5 Å². The van der Waals surface area contributed by atoms with Crippen LogP contribution in [0.5, 0.6) is 5.75 Å². The maximum absolute atomic E-state index is 9.14. The third-order valence-corrected chi connectivity index (χ3v) is 6.32. The quantitative estimate of drug-likeness (QED) is 0.399. The fourth-order valence-corrected chi connectivity index (χ4v) is 4.63. The Morgan fingerprint density at radius 1 is 0.971 bits per heavy atom. The summed E-state index contributed by atoms with van der Waals surface area (Å²) in [6.07, 6.45) is 0. The molecule has 7 nitrogen and oxygen atoms in total. The molecule has 0 fully saturated rings. The second-order valence-corrected chi connectivity index (χ2v) is 8.71. The predicted octanol–water partition coefficient (Wildman–Crippen LogP) is 4.56. The average molecular weight is 464 g/mol. The molecule has 0 N–H and O–H groups in total. The van der Waals surface area contributed by atoms with E-state index in [4.69, 9.17) is 25.0 Å². The molecule has 1 unspecified atom stereocenters. The van der Waals surface area contributed by atoms with Gasteiger partial charge < -0.3 is 14.0 Å². The average Bonchev–Trinajstić information content (AvgIpc) is 3.28. The zero-order valence-electron chi connectivity index (χ0n) is 19.5. The van der Waals surface area contributed by atoms with E-state index in [-0.39, 0.29) is 6.04 Å². The molecule has 0 bridgehead atoms. The largest absolute Gasteiger partial charge is 0.497 e. The molecule has 1 aromatic heterocycles. The van der Waals surface area contributed by atoms with Gasteiger partial charge in [0.05, 0.1) is 54.1 Å². The van der Waals surface area contributed by atoms with Gasteiger partial charge in [-0.15, -0.1) is 0 Å². The van der Waals surface area contributed by atoms with E-state index in [1.54, 1.807) is 7.11 Å². The molecule has 3 aromatic carbocycles. The molecule has 1 aliphatic rings. The highest BCUT2D eigenvalue weighted by Crippen LogP contribution is 2.29. The minimum absolute atomic E-state index is 0.0916. The molecular weight excluding hydrogens is 438 g/mol. The predicted molar refractivity (Wildman–Crippen MR) is 131 cm³/mol. The molecular formula is C28H25N5O2. The number of ether oxygens (including phenoxy) is 2. The first-order chi connectivity index (χ1) is 17.2. The van der Waals surface area contributed by atoms with Crippen LogP contribution < -0.4 is 4.74 Å². The Labute approximate surface area is 204 Å². The Balaban J connectivity index is 1.44. The Morgan fingerprint density at radius 2 is 1.60 bits per heavy atom. The Morgan fingerprint density at radius 3 is 2.17 bits per heavy atom. The van der Waals surface area contributed by atoms with Crippen molar-refractivity contribution in [2.75, 3.05) is 20.3 Å². The summed E-state index contributed by atoms with van der Waals surface area (Å²) in [5, 5.41) is 18.3. The highest BCUT2D eigenvalue weighted by atomic mass is 16.5. The van der Waals surface area contributed by atoms with E-state index in [0.717, 1.165) is 53.4 Å². The lowest BCUT2D eigenvalue weighted by Crippen LogP contribution is -2.35. The maximum atomic E-state index is 9.14. The lowest BCUT2D eigenvalue weighted by atomic mass is 10.1. The Kier molecular flexibility index (Phi) is 6.45. The van der Waals surface area contributed by atoms with Gasteiger partial charge in [0, 0.05) is 25.7 Å². The van der Waals surface area contributed by atoms with Crippen molar-refractivity contribution >= 4 is 11.0 Å². The summed E-state index contributed by atoms with van der Waals surface area (Å²) in [6, 6.07) is 25.9. The molecule has 0 radical (unpaired) electrons. The summed E-state index contributed by atoms with van der Waals surface area (Å²) in [5.74, 6) is 1.70. The van der Waals surface area contributed by atoms with Crippen molar-refractivity contribution in [3.05, 3.63) is 94.8 Å². The van der Waals surface area contributed by atoms with Crippen LogP contribution in [0.2, 0.25) is 0 Å². The van der Waals surface area contributed by atoms with E-state index in [0.29, 0.717) is 24.3 Å². The van der Waals surface area contributed by atoms with Gasteiger partial charge in [0.2, 0.25) is 0 Å². The number of nitriles is 2. The topological polar surface area (TPSA) is 87.1 Å². The zero-order valence-corrected chi connectivity index (χ0v) is 19.5. The van der Waals surface area contributed by atoms with Crippen LogP contribution in [0.15, 0.2) is 66.7 Å². The summed E-state index contributed by atoms with van der Waals surface area (Å²) >= 11 is 0. The number of nitrogens with zero attached hydrogens (tertiary/aromatic N) is 5. The lowest BCUT2D eigenvalue weighted by Gasteiger charge is -2.32. The summed E-state index contributed by atoms with van der Waals surface area (Å²) in [4.78, 5) is 7.18. The van der Waals surface area contributed by atoms with Gasteiger partial charge in [-0.2, -0.15) is 10.5 Å². The van der Waals surface area contributed by atoms with E-state index in [9.17, 15) is 0 Å². The SMILES string of the molecule is COc1ccc2c(c1)nc1n2C(CN(Cc2ccc(C#N)cc2)Cc2ccc(C#N)cc2)COC1. The maximum Gasteiger partial charge on any atom is 0.136 e. The van der Waals surface area contributed by atoms with Crippen molar-refractivity contribution in [1.29, 1.82) is 10.5 Å². The fraction of sp³-hybridized carbons (Fsp3) is 0.250. The fourth-order valence-electron chi connectivity index (χ4n) is 4.63. The minimum Gasteiger partial charge on any atom is -0.497 e. The summed E-state index contributed by atoms with van der Waals surface area (Å²) in [6.45, 7) is 3.28. The Bertz CT molecular complexity index is 1350. The number of benzene rings is 3. The van der Waals surface area contributed by atoms with Gasteiger partial charge in [0.15, 0.2) is 0 Å². The third-order valence-electron chi connectivity index (χ3n) is 6.32. The van der Waals surface area contributed by atoms with Crippen molar-refractivity contribution in [3.8, 4) is 17.9 Å². The van der Waals surface area contributed by atoms with E-state index in [2.05, 4.69) is 27.7 Å². The summed E-state index contributed by atoms with van der Waals surface area (Å²) in [5.41, 5.74) is 5.55. The number of imidazole rings is 1. The standard InChI is InChI=1S/C28H25N5O2/c1-34-25-10-11-27-26(12-25)31-28-19-35-18-24(33(27)28)17-32(15-22-6-2-20(13-29)3-7-22)16-23-8-4-21(14-30)5-9-23/h2-12,24H,15-19H2,1H3. The molecule has 0 saturated carbocycles. The first-order valence-corrected chi connectivity index (χ1v) is 11.5. The molecule has 35 heavy (non-hydrogen) atoms. The number of fused-ring (bicyclic) bond motifs is 3. The molecule has 0 amide bonds. The number of hydrogen-bond donors (Lipinski definition) is 0. The van der Waals surface area contributed by atoms with Gasteiger partial charge in [0.1, 0.15) is 18.2 Å². The van der Waals surface area contributed by atoms with Crippen molar-refractivity contribution < 1.29 is 9.47 Å². The number of rotatable bonds is 7. The van der Waals surface area contributed by atoms with Crippen LogP contribution in [0.4, 0.5) is 0 Å². The molecule has 1 atom stereocenters. The molecule has 0 spiro atoms. The zero-order chi connectivity index (χ0) is 24.2. The highest BCUT2D eigenvalue weighted by molar-refractivity contribution is 5.78. The second-order valence-electron chi connectivity index (χ2n) is 8.71. The van der Waals surface area contributed by atoms with Crippen molar-refractivity contribution in [2.24, 2.45) is 0 Å². The molecule has 0 saturated heterocycles. The number of hydrogen-bond acceptors (Lipinski definition) is 6. The summed E-state index contributed by atoms with van der Waals surface area (Å²) in [7, 11) is 1.66. The van der Waals surface area contributed by atoms with E-state index < -0.39 is 0 Å². The lowest BCUT2D eigenvalue weighted by molar-refractivity contribution is 0.0402.